The molecule has 0 aliphatic heterocycles. The second-order valence-corrected chi connectivity index (χ2v) is 3.84. The summed E-state index contributed by atoms with van der Waals surface area (Å²) in [5, 5.41) is 4.67. The molecule has 16 heavy (non-hydrogen) atoms. The van der Waals surface area contributed by atoms with Gasteiger partial charge < -0.3 is 11.1 Å². The number of rotatable bonds is 3. The SMILES string of the molecule is Nc1nc(C(=O)NCc2cnccn2)cs1. The summed E-state index contributed by atoms with van der Waals surface area (Å²) < 4.78 is 0. The number of hydrogen-bond donors (Lipinski definition) is 2. The van der Waals surface area contributed by atoms with Crippen LogP contribution in [0.4, 0.5) is 5.13 Å². The van der Waals surface area contributed by atoms with Crippen LogP contribution in [0.3, 0.4) is 0 Å². The van der Waals surface area contributed by atoms with Gasteiger partial charge in [-0.1, -0.05) is 0 Å². The largest absolute Gasteiger partial charge is 0.375 e. The lowest BCUT2D eigenvalue weighted by atomic mass is 10.4. The lowest BCUT2D eigenvalue weighted by Gasteiger charge is -2.01. The Morgan fingerprint density at radius 2 is 2.38 bits per heavy atom. The smallest absolute Gasteiger partial charge is 0.271 e. The molecule has 0 unspecified atom stereocenters. The van der Waals surface area contributed by atoms with E-state index in [-0.39, 0.29) is 5.91 Å². The van der Waals surface area contributed by atoms with Crippen LogP contribution in [-0.4, -0.2) is 20.9 Å². The molecule has 3 N–H and O–H groups in total. The predicted molar refractivity (Wildman–Crippen MR) is 59.7 cm³/mol. The number of hydrogen-bond acceptors (Lipinski definition) is 6. The van der Waals surface area contributed by atoms with E-state index in [2.05, 4.69) is 20.3 Å². The van der Waals surface area contributed by atoms with Crippen LogP contribution in [0.15, 0.2) is 24.0 Å². The third-order valence-corrected chi connectivity index (χ3v) is 2.48. The van der Waals surface area contributed by atoms with Gasteiger partial charge in [0.05, 0.1) is 18.4 Å². The molecule has 0 aromatic carbocycles. The van der Waals surface area contributed by atoms with E-state index in [1.807, 2.05) is 0 Å². The van der Waals surface area contributed by atoms with E-state index in [9.17, 15) is 4.79 Å². The maximum Gasteiger partial charge on any atom is 0.271 e. The van der Waals surface area contributed by atoms with E-state index in [1.54, 1.807) is 24.0 Å². The molecule has 0 atom stereocenters. The molecule has 0 spiro atoms. The molecule has 2 heterocycles. The zero-order valence-electron chi connectivity index (χ0n) is 8.25. The van der Waals surface area contributed by atoms with Crippen LogP contribution in [0, 0.1) is 0 Å². The minimum absolute atomic E-state index is 0.265. The number of anilines is 1. The first-order chi connectivity index (χ1) is 7.75. The molecule has 0 bridgehead atoms. The van der Waals surface area contributed by atoms with Gasteiger partial charge in [-0.15, -0.1) is 11.3 Å². The second kappa shape index (κ2) is 4.67. The van der Waals surface area contributed by atoms with Crippen LogP contribution in [0.1, 0.15) is 16.2 Å². The first-order valence-corrected chi connectivity index (χ1v) is 5.38. The summed E-state index contributed by atoms with van der Waals surface area (Å²) in [6.07, 6.45) is 4.74. The number of amides is 1. The number of nitrogens with one attached hydrogen (secondary N) is 1. The quantitative estimate of drug-likeness (QED) is 0.805. The van der Waals surface area contributed by atoms with Gasteiger partial charge in [0.1, 0.15) is 5.69 Å². The Balaban J connectivity index is 1.94. The number of aromatic nitrogens is 3. The summed E-state index contributed by atoms with van der Waals surface area (Å²) in [5.74, 6) is -0.265. The zero-order chi connectivity index (χ0) is 11.4. The molecule has 2 rings (SSSR count). The average molecular weight is 235 g/mol. The number of thiazole rings is 1. The van der Waals surface area contributed by atoms with E-state index in [4.69, 9.17) is 5.73 Å². The van der Waals surface area contributed by atoms with E-state index in [0.29, 0.717) is 23.1 Å². The molecule has 0 aliphatic carbocycles. The van der Waals surface area contributed by atoms with Gasteiger partial charge in [0.25, 0.3) is 5.91 Å². The van der Waals surface area contributed by atoms with Gasteiger partial charge in [-0.2, -0.15) is 0 Å². The average Bonchev–Trinajstić information content (AvgIpc) is 2.74. The standard InChI is InChI=1S/C9H9N5OS/c10-9-14-7(5-16-9)8(15)13-4-6-3-11-1-2-12-6/h1-3,5H,4H2,(H2,10,14)(H,13,15). The molecule has 7 heteroatoms. The van der Waals surface area contributed by atoms with Gasteiger partial charge >= 0.3 is 0 Å². The van der Waals surface area contributed by atoms with E-state index in [1.165, 1.54) is 11.3 Å². The highest BCUT2D eigenvalue weighted by atomic mass is 32.1. The number of nitrogens with zero attached hydrogens (tertiary/aromatic N) is 3. The highest BCUT2D eigenvalue weighted by molar-refractivity contribution is 7.13. The molecular weight excluding hydrogens is 226 g/mol. The fraction of sp³-hybridized carbons (Fsp3) is 0.111. The summed E-state index contributed by atoms with van der Waals surface area (Å²) in [4.78, 5) is 23.4. The van der Waals surface area contributed by atoms with Gasteiger partial charge in [0.15, 0.2) is 5.13 Å². The molecule has 0 fully saturated rings. The minimum Gasteiger partial charge on any atom is -0.375 e. The highest BCUT2D eigenvalue weighted by Crippen LogP contribution is 2.10. The predicted octanol–water partition coefficient (Wildman–Crippen LogP) is 0.445. The van der Waals surface area contributed by atoms with Crippen molar-refractivity contribution in [3.05, 3.63) is 35.4 Å². The van der Waals surface area contributed by atoms with Gasteiger partial charge in [-0.05, 0) is 0 Å². The highest BCUT2D eigenvalue weighted by Gasteiger charge is 2.08. The Labute approximate surface area is 95.6 Å². The van der Waals surface area contributed by atoms with Crippen molar-refractivity contribution < 1.29 is 4.79 Å². The van der Waals surface area contributed by atoms with E-state index in [0.717, 1.165) is 0 Å². The molecule has 2 aromatic rings. The first kappa shape index (κ1) is 10.5. The monoisotopic (exact) mass is 235 g/mol. The Morgan fingerprint density at radius 1 is 1.50 bits per heavy atom. The number of carbonyl (C=O) groups is 1. The third kappa shape index (κ3) is 2.51. The molecule has 0 saturated heterocycles. The Morgan fingerprint density at radius 3 is 3.00 bits per heavy atom. The Kier molecular flexibility index (Phi) is 3.06. The molecular formula is C9H9N5OS. The van der Waals surface area contributed by atoms with Crippen LogP contribution in [-0.2, 0) is 6.54 Å². The summed E-state index contributed by atoms with van der Waals surface area (Å²) >= 11 is 1.23. The van der Waals surface area contributed by atoms with Gasteiger partial charge in [-0.3, -0.25) is 14.8 Å². The van der Waals surface area contributed by atoms with Crippen molar-refractivity contribution in [1.29, 1.82) is 0 Å². The lowest BCUT2D eigenvalue weighted by molar-refractivity contribution is 0.0946. The fourth-order valence-electron chi connectivity index (χ4n) is 1.07. The lowest BCUT2D eigenvalue weighted by Crippen LogP contribution is -2.23. The van der Waals surface area contributed by atoms with Gasteiger partial charge in [-0.25, -0.2) is 4.98 Å². The van der Waals surface area contributed by atoms with Crippen molar-refractivity contribution in [2.24, 2.45) is 0 Å². The van der Waals surface area contributed by atoms with Crippen molar-refractivity contribution in [1.82, 2.24) is 20.3 Å². The maximum atomic E-state index is 11.6. The van der Waals surface area contributed by atoms with E-state index >= 15 is 0 Å². The van der Waals surface area contributed by atoms with Gasteiger partial charge in [0, 0.05) is 17.8 Å². The Hall–Kier alpha value is -2.02. The minimum atomic E-state index is -0.265. The number of nitrogens with two attached hydrogens (primary N) is 1. The summed E-state index contributed by atoms with van der Waals surface area (Å²) in [6, 6.07) is 0. The summed E-state index contributed by atoms with van der Waals surface area (Å²) in [7, 11) is 0. The molecule has 0 radical (unpaired) electrons. The maximum absolute atomic E-state index is 11.6. The van der Waals surface area contributed by atoms with Crippen LogP contribution in [0.5, 0.6) is 0 Å². The Bertz CT molecular complexity index is 484. The van der Waals surface area contributed by atoms with Crippen molar-refractivity contribution in [3.8, 4) is 0 Å². The molecule has 82 valence electrons. The second-order valence-electron chi connectivity index (χ2n) is 2.95. The van der Waals surface area contributed by atoms with Crippen molar-refractivity contribution >= 4 is 22.4 Å². The number of carbonyl (C=O) groups excluding carboxylic acids is 1. The molecule has 2 aromatic heterocycles. The fourth-order valence-corrected chi connectivity index (χ4v) is 1.62. The van der Waals surface area contributed by atoms with Crippen molar-refractivity contribution in [3.63, 3.8) is 0 Å². The normalized spacial score (nSPS) is 10.0. The van der Waals surface area contributed by atoms with Crippen LogP contribution in [0.2, 0.25) is 0 Å². The zero-order valence-corrected chi connectivity index (χ0v) is 9.07. The topological polar surface area (TPSA) is 93.8 Å². The van der Waals surface area contributed by atoms with Crippen LogP contribution >= 0.6 is 11.3 Å². The van der Waals surface area contributed by atoms with Crippen LogP contribution < -0.4 is 11.1 Å². The summed E-state index contributed by atoms with van der Waals surface area (Å²) in [5.41, 5.74) is 6.45. The van der Waals surface area contributed by atoms with Gasteiger partial charge in [0.2, 0.25) is 0 Å². The molecule has 0 saturated carbocycles. The first-order valence-electron chi connectivity index (χ1n) is 4.50. The molecule has 0 aliphatic rings. The van der Waals surface area contributed by atoms with Crippen molar-refractivity contribution in [2.45, 2.75) is 6.54 Å². The van der Waals surface area contributed by atoms with Crippen molar-refractivity contribution in [2.75, 3.05) is 5.73 Å². The molecule has 1 amide bonds. The third-order valence-electron chi connectivity index (χ3n) is 1.80. The molecule has 6 nitrogen and oxygen atoms in total. The number of nitrogen functional groups attached to an aromatic ring is 1. The van der Waals surface area contributed by atoms with E-state index < -0.39 is 0 Å². The summed E-state index contributed by atoms with van der Waals surface area (Å²) in [6.45, 7) is 0.324. The van der Waals surface area contributed by atoms with Crippen LogP contribution in [0.25, 0.3) is 0 Å².